The summed E-state index contributed by atoms with van der Waals surface area (Å²) in [5, 5.41) is 14.6. The summed E-state index contributed by atoms with van der Waals surface area (Å²) in [6, 6.07) is 0. The topological polar surface area (TPSA) is 143 Å². The monoisotopic (exact) mass is 386 g/mol. The molecule has 10 heteroatoms. The highest BCUT2D eigenvalue weighted by molar-refractivity contribution is 7.93. The van der Waals surface area contributed by atoms with Gasteiger partial charge in [-0.3, -0.25) is 9.59 Å². The van der Waals surface area contributed by atoms with E-state index in [9.17, 15) is 26.4 Å². The summed E-state index contributed by atoms with van der Waals surface area (Å²) in [5.41, 5.74) is 0. The standard InChI is InChI=1S/C14H26O8S2/c1-11(13(15)16)23(19,20)9-7-5-3-4-6-8-10-24(21,22)12(2)14(17)18/h11-12H,3-10H2,1-2H3,(H,15,16)(H,17,18). The molecule has 0 aliphatic rings. The van der Waals surface area contributed by atoms with Crippen molar-refractivity contribution in [3.05, 3.63) is 0 Å². The number of carboxylic acids is 2. The van der Waals surface area contributed by atoms with Gasteiger partial charge in [-0.05, 0) is 26.7 Å². The third-order valence-electron chi connectivity index (χ3n) is 3.88. The molecular formula is C14H26O8S2. The summed E-state index contributed by atoms with van der Waals surface area (Å²) in [4.78, 5) is 21.3. The van der Waals surface area contributed by atoms with E-state index in [-0.39, 0.29) is 11.5 Å². The fourth-order valence-electron chi connectivity index (χ4n) is 1.97. The largest absolute Gasteiger partial charge is 0.480 e. The Morgan fingerprint density at radius 3 is 1.17 bits per heavy atom. The molecule has 0 aromatic rings. The van der Waals surface area contributed by atoms with Gasteiger partial charge in [-0.2, -0.15) is 0 Å². The average molecular weight is 386 g/mol. The van der Waals surface area contributed by atoms with Gasteiger partial charge in [-0.1, -0.05) is 25.7 Å². The molecule has 8 nitrogen and oxygen atoms in total. The van der Waals surface area contributed by atoms with Crippen molar-refractivity contribution >= 4 is 31.6 Å². The Kier molecular flexibility index (Phi) is 9.49. The average Bonchev–Trinajstić information content (AvgIpc) is 2.47. The summed E-state index contributed by atoms with van der Waals surface area (Å²) >= 11 is 0. The van der Waals surface area contributed by atoms with Crippen molar-refractivity contribution in [3.8, 4) is 0 Å². The van der Waals surface area contributed by atoms with Gasteiger partial charge in [0.15, 0.2) is 30.2 Å². The lowest BCUT2D eigenvalue weighted by Gasteiger charge is -2.09. The van der Waals surface area contributed by atoms with Gasteiger partial charge in [0, 0.05) is 0 Å². The summed E-state index contributed by atoms with van der Waals surface area (Å²) in [5.74, 6) is -3.06. The van der Waals surface area contributed by atoms with E-state index >= 15 is 0 Å². The molecule has 0 aromatic carbocycles. The second kappa shape index (κ2) is 9.97. The molecule has 2 unspecified atom stereocenters. The molecule has 0 spiro atoms. The Morgan fingerprint density at radius 2 is 0.917 bits per heavy atom. The normalized spacial score (nSPS) is 14.9. The van der Waals surface area contributed by atoms with Crippen LogP contribution >= 0.6 is 0 Å². The minimum Gasteiger partial charge on any atom is -0.480 e. The summed E-state index contributed by atoms with van der Waals surface area (Å²) < 4.78 is 46.6. The van der Waals surface area contributed by atoms with Crippen LogP contribution < -0.4 is 0 Å². The Balaban J connectivity index is 3.91. The molecule has 0 radical (unpaired) electrons. The van der Waals surface area contributed by atoms with Gasteiger partial charge in [-0.25, -0.2) is 16.8 Å². The molecule has 0 aliphatic carbocycles. The molecular weight excluding hydrogens is 360 g/mol. The molecule has 2 atom stereocenters. The molecule has 0 aliphatic heterocycles. The van der Waals surface area contributed by atoms with Crippen LogP contribution in [0.15, 0.2) is 0 Å². The Labute approximate surface area is 143 Å². The van der Waals surface area contributed by atoms with E-state index in [1.165, 1.54) is 0 Å². The Hall–Kier alpha value is -1.16. The highest BCUT2D eigenvalue weighted by Crippen LogP contribution is 2.12. The van der Waals surface area contributed by atoms with Gasteiger partial charge < -0.3 is 10.2 Å². The number of unbranched alkanes of at least 4 members (excludes halogenated alkanes) is 5. The van der Waals surface area contributed by atoms with Gasteiger partial charge in [0.1, 0.15) is 0 Å². The zero-order valence-corrected chi connectivity index (χ0v) is 15.6. The maximum absolute atomic E-state index is 11.6. The molecule has 0 saturated carbocycles. The second-order valence-electron chi connectivity index (χ2n) is 5.82. The molecule has 0 amide bonds. The molecule has 0 heterocycles. The highest BCUT2D eigenvalue weighted by atomic mass is 32.2. The zero-order chi connectivity index (χ0) is 19.0. The number of hydrogen-bond acceptors (Lipinski definition) is 6. The van der Waals surface area contributed by atoms with Crippen LogP contribution in [-0.2, 0) is 29.3 Å². The predicted octanol–water partition coefficient (Wildman–Crippen LogP) is 1.10. The van der Waals surface area contributed by atoms with Crippen molar-refractivity contribution in [2.45, 2.75) is 62.9 Å². The zero-order valence-electron chi connectivity index (χ0n) is 14.0. The summed E-state index contributed by atoms with van der Waals surface area (Å²) in [7, 11) is -7.26. The molecule has 0 aromatic heterocycles. The molecule has 0 fully saturated rings. The van der Waals surface area contributed by atoms with Crippen LogP contribution in [-0.4, -0.2) is 61.0 Å². The first kappa shape index (κ1) is 22.8. The third-order valence-corrected chi connectivity index (χ3v) is 8.15. The van der Waals surface area contributed by atoms with Gasteiger partial charge in [0.2, 0.25) is 0 Å². The Bertz CT molecular complexity index is 565. The molecule has 0 saturated heterocycles. The highest BCUT2D eigenvalue weighted by Gasteiger charge is 2.27. The van der Waals surface area contributed by atoms with E-state index in [0.717, 1.165) is 13.8 Å². The van der Waals surface area contributed by atoms with Crippen molar-refractivity contribution in [3.63, 3.8) is 0 Å². The van der Waals surface area contributed by atoms with E-state index in [0.29, 0.717) is 38.5 Å². The molecule has 2 N–H and O–H groups in total. The number of carbonyl (C=O) groups is 2. The first-order chi connectivity index (χ1) is 10.9. The van der Waals surface area contributed by atoms with E-state index in [2.05, 4.69) is 0 Å². The molecule has 142 valence electrons. The summed E-state index contributed by atoms with van der Waals surface area (Å²) in [6.07, 6.45) is 3.40. The van der Waals surface area contributed by atoms with E-state index in [4.69, 9.17) is 10.2 Å². The first-order valence-electron chi connectivity index (χ1n) is 7.80. The molecule has 0 bridgehead atoms. The van der Waals surface area contributed by atoms with Crippen LogP contribution in [0.25, 0.3) is 0 Å². The van der Waals surface area contributed by atoms with Crippen LogP contribution in [0.2, 0.25) is 0 Å². The fourth-order valence-corrected chi connectivity index (χ4v) is 4.51. The van der Waals surface area contributed by atoms with Crippen molar-refractivity contribution < 1.29 is 36.6 Å². The Morgan fingerprint density at radius 1 is 0.667 bits per heavy atom. The van der Waals surface area contributed by atoms with Crippen molar-refractivity contribution in [1.82, 2.24) is 0 Å². The molecule has 24 heavy (non-hydrogen) atoms. The SMILES string of the molecule is CC(C(=O)O)S(=O)(=O)CCCCCCCCS(=O)(=O)C(C)C(=O)O. The van der Waals surface area contributed by atoms with Crippen LogP contribution in [0.3, 0.4) is 0 Å². The fraction of sp³-hybridized carbons (Fsp3) is 0.857. The minimum atomic E-state index is -3.63. The lowest BCUT2D eigenvalue weighted by molar-refractivity contribution is -0.137. The number of sulfone groups is 2. The lowest BCUT2D eigenvalue weighted by Crippen LogP contribution is -2.29. The number of carboxylic acid groups (broad SMARTS) is 2. The van der Waals surface area contributed by atoms with Gasteiger partial charge >= 0.3 is 11.9 Å². The first-order valence-corrected chi connectivity index (χ1v) is 11.2. The van der Waals surface area contributed by atoms with Crippen molar-refractivity contribution in [1.29, 1.82) is 0 Å². The van der Waals surface area contributed by atoms with E-state index in [1.807, 2.05) is 0 Å². The van der Waals surface area contributed by atoms with Crippen LogP contribution in [0.4, 0.5) is 0 Å². The lowest BCUT2D eigenvalue weighted by atomic mass is 10.1. The van der Waals surface area contributed by atoms with Crippen LogP contribution in [0, 0.1) is 0 Å². The minimum absolute atomic E-state index is 0.176. The maximum atomic E-state index is 11.6. The number of hydrogen-bond donors (Lipinski definition) is 2. The van der Waals surface area contributed by atoms with Gasteiger partial charge in [0.25, 0.3) is 0 Å². The van der Waals surface area contributed by atoms with E-state index < -0.39 is 42.1 Å². The number of rotatable bonds is 13. The van der Waals surface area contributed by atoms with Crippen LogP contribution in [0.5, 0.6) is 0 Å². The van der Waals surface area contributed by atoms with Crippen LogP contribution in [0.1, 0.15) is 52.4 Å². The quantitative estimate of drug-likeness (QED) is 0.448. The maximum Gasteiger partial charge on any atom is 0.321 e. The smallest absolute Gasteiger partial charge is 0.321 e. The van der Waals surface area contributed by atoms with Crippen molar-refractivity contribution in [2.75, 3.05) is 11.5 Å². The third kappa shape index (κ3) is 8.09. The second-order valence-corrected chi connectivity index (χ2v) is 10.7. The van der Waals surface area contributed by atoms with Crippen molar-refractivity contribution in [2.24, 2.45) is 0 Å². The van der Waals surface area contributed by atoms with Gasteiger partial charge in [0.05, 0.1) is 11.5 Å². The van der Waals surface area contributed by atoms with E-state index in [1.54, 1.807) is 0 Å². The van der Waals surface area contributed by atoms with Gasteiger partial charge in [-0.15, -0.1) is 0 Å². The molecule has 0 rings (SSSR count). The predicted molar refractivity (Wildman–Crippen MR) is 89.5 cm³/mol. The summed E-state index contributed by atoms with van der Waals surface area (Å²) in [6.45, 7) is 2.30. The number of aliphatic carboxylic acids is 2.